The van der Waals surface area contributed by atoms with Crippen molar-refractivity contribution >= 4 is 17.6 Å². The minimum atomic E-state index is -4.82. The first kappa shape index (κ1) is 10.8. The lowest BCUT2D eigenvalue weighted by atomic mass is 10.2. The summed E-state index contributed by atoms with van der Waals surface area (Å²) in [7, 11) is 1.13. The maximum Gasteiger partial charge on any atom is 0.436 e. The van der Waals surface area contributed by atoms with Crippen LogP contribution in [0.15, 0.2) is 0 Å². The summed E-state index contributed by atoms with van der Waals surface area (Å²) in [5, 5.41) is 10.9. The molecule has 0 saturated heterocycles. The standard InChI is InChI=1S/C6H4ClF3N2O2/c1-12-4(7)2(5(13)14)3(11-12)6(8,9)10/h1H3,(H,13,14). The van der Waals surface area contributed by atoms with Crippen molar-refractivity contribution in [1.82, 2.24) is 9.78 Å². The molecule has 1 aromatic rings. The first-order valence-electron chi connectivity index (χ1n) is 3.28. The lowest BCUT2D eigenvalue weighted by Gasteiger charge is -2.02. The summed E-state index contributed by atoms with van der Waals surface area (Å²) in [6.45, 7) is 0. The molecule has 0 bridgehead atoms. The Labute approximate surface area is 80.9 Å². The molecular weight excluding hydrogens is 225 g/mol. The number of aryl methyl sites for hydroxylation is 1. The highest BCUT2D eigenvalue weighted by Crippen LogP contribution is 2.33. The van der Waals surface area contributed by atoms with Gasteiger partial charge in [0.05, 0.1) is 0 Å². The Kier molecular flexibility index (Phi) is 2.45. The molecule has 0 unspecified atom stereocenters. The Morgan fingerprint density at radius 1 is 1.57 bits per heavy atom. The van der Waals surface area contributed by atoms with E-state index >= 15 is 0 Å². The van der Waals surface area contributed by atoms with Crippen molar-refractivity contribution in [1.29, 1.82) is 0 Å². The highest BCUT2D eigenvalue weighted by atomic mass is 35.5. The molecule has 8 heteroatoms. The first-order valence-corrected chi connectivity index (χ1v) is 3.66. The molecule has 0 aliphatic carbocycles. The number of carboxylic acid groups (broad SMARTS) is 1. The van der Waals surface area contributed by atoms with E-state index < -0.39 is 28.6 Å². The lowest BCUT2D eigenvalue weighted by molar-refractivity contribution is -0.141. The second kappa shape index (κ2) is 3.16. The third-order valence-electron chi connectivity index (χ3n) is 1.46. The monoisotopic (exact) mass is 228 g/mol. The zero-order chi connectivity index (χ0) is 11.1. The van der Waals surface area contributed by atoms with Crippen LogP contribution >= 0.6 is 11.6 Å². The molecular formula is C6H4ClF3N2O2. The Bertz CT molecular complexity index is 385. The number of carboxylic acids is 1. The number of aromatic nitrogens is 2. The molecule has 4 nitrogen and oxygen atoms in total. The summed E-state index contributed by atoms with van der Waals surface area (Å²) >= 11 is 5.33. The van der Waals surface area contributed by atoms with Gasteiger partial charge in [0.2, 0.25) is 0 Å². The van der Waals surface area contributed by atoms with Crippen LogP contribution in [0.5, 0.6) is 0 Å². The number of rotatable bonds is 1. The van der Waals surface area contributed by atoms with Crippen LogP contribution in [0.4, 0.5) is 13.2 Å². The minimum absolute atomic E-state index is 0.551. The average Bonchev–Trinajstić information content (AvgIpc) is 2.27. The second-order valence-electron chi connectivity index (χ2n) is 2.44. The van der Waals surface area contributed by atoms with Crippen LogP contribution < -0.4 is 0 Å². The number of alkyl halides is 3. The van der Waals surface area contributed by atoms with E-state index in [2.05, 4.69) is 5.10 Å². The third kappa shape index (κ3) is 1.67. The van der Waals surface area contributed by atoms with E-state index in [1.165, 1.54) is 0 Å². The third-order valence-corrected chi connectivity index (χ3v) is 1.89. The lowest BCUT2D eigenvalue weighted by Crippen LogP contribution is -2.12. The van der Waals surface area contributed by atoms with Gasteiger partial charge in [-0.3, -0.25) is 4.68 Å². The van der Waals surface area contributed by atoms with Gasteiger partial charge in [-0.25, -0.2) is 4.79 Å². The molecule has 0 atom stereocenters. The summed E-state index contributed by atoms with van der Waals surface area (Å²) < 4.78 is 37.3. The van der Waals surface area contributed by atoms with E-state index in [-0.39, 0.29) is 0 Å². The molecule has 0 saturated carbocycles. The van der Waals surface area contributed by atoms with Crippen LogP contribution in [0, 0.1) is 0 Å². The van der Waals surface area contributed by atoms with Crippen molar-refractivity contribution in [2.75, 3.05) is 0 Å². The van der Waals surface area contributed by atoms with E-state index in [0.717, 1.165) is 7.05 Å². The van der Waals surface area contributed by atoms with Gasteiger partial charge in [-0.05, 0) is 0 Å². The fourth-order valence-electron chi connectivity index (χ4n) is 0.891. The molecule has 0 spiro atoms. The van der Waals surface area contributed by atoms with Gasteiger partial charge in [0.15, 0.2) is 5.69 Å². The molecule has 0 radical (unpaired) electrons. The van der Waals surface area contributed by atoms with Crippen LogP contribution in [0.3, 0.4) is 0 Å². The zero-order valence-electron chi connectivity index (χ0n) is 6.76. The van der Waals surface area contributed by atoms with Crippen LogP contribution in [0.1, 0.15) is 16.1 Å². The van der Waals surface area contributed by atoms with E-state index in [1.807, 2.05) is 0 Å². The van der Waals surface area contributed by atoms with Crippen molar-refractivity contribution in [2.24, 2.45) is 7.05 Å². The van der Waals surface area contributed by atoms with Crippen LogP contribution in [-0.4, -0.2) is 20.9 Å². The van der Waals surface area contributed by atoms with Crippen LogP contribution in [-0.2, 0) is 13.2 Å². The number of aromatic carboxylic acids is 1. The summed E-state index contributed by atoms with van der Waals surface area (Å²) in [6, 6.07) is 0. The molecule has 0 aliphatic rings. The molecule has 0 amide bonds. The fourth-order valence-corrected chi connectivity index (χ4v) is 1.10. The smallest absolute Gasteiger partial charge is 0.436 e. The molecule has 1 aromatic heterocycles. The Morgan fingerprint density at radius 2 is 2.07 bits per heavy atom. The summed E-state index contributed by atoms with van der Waals surface area (Å²) in [5.41, 5.74) is -2.51. The van der Waals surface area contributed by atoms with E-state index in [4.69, 9.17) is 16.7 Å². The highest BCUT2D eigenvalue weighted by Gasteiger charge is 2.41. The number of hydrogen-bond acceptors (Lipinski definition) is 2. The number of carbonyl (C=O) groups is 1. The van der Waals surface area contributed by atoms with E-state index in [1.54, 1.807) is 0 Å². The summed E-state index contributed by atoms with van der Waals surface area (Å²) in [6.07, 6.45) is -4.82. The normalized spacial score (nSPS) is 11.8. The molecule has 1 N–H and O–H groups in total. The largest absolute Gasteiger partial charge is 0.478 e. The van der Waals surface area contributed by atoms with Gasteiger partial charge in [-0.1, -0.05) is 11.6 Å². The molecule has 14 heavy (non-hydrogen) atoms. The first-order chi connectivity index (χ1) is 6.25. The maximum atomic E-state index is 12.2. The van der Waals surface area contributed by atoms with Gasteiger partial charge in [0.1, 0.15) is 10.7 Å². The zero-order valence-corrected chi connectivity index (χ0v) is 7.52. The fraction of sp³-hybridized carbons (Fsp3) is 0.333. The second-order valence-corrected chi connectivity index (χ2v) is 2.80. The molecule has 1 heterocycles. The predicted octanol–water partition coefficient (Wildman–Crippen LogP) is 1.79. The number of nitrogens with zero attached hydrogens (tertiary/aromatic N) is 2. The molecule has 0 aliphatic heterocycles. The van der Waals surface area contributed by atoms with Crippen molar-refractivity contribution in [3.63, 3.8) is 0 Å². The van der Waals surface area contributed by atoms with Crippen LogP contribution in [0.25, 0.3) is 0 Å². The SMILES string of the molecule is Cn1nc(C(F)(F)F)c(C(=O)O)c1Cl. The van der Waals surface area contributed by atoms with Crippen LogP contribution in [0.2, 0.25) is 5.15 Å². The predicted molar refractivity (Wildman–Crippen MR) is 40.2 cm³/mol. The van der Waals surface area contributed by atoms with Gasteiger partial charge < -0.3 is 5.11 Å². The molecule has 78 valence electrons. The number of hydrogen-bond donors (Lipinski definition) is 1. The van der Waals surface area contributed by atoms with Crippen molar-refractivity contribution in [3.8, 4) is 0 Å². The van der Waals surface area contributed by atoms with Gasteiger partial charge in [0, 0.05) is 7.05 Å². The van der Waals surface area contributed by atoms with Gasteiger partial charge in [0.25, 0.3) is 0 Å². The average molecular weight is 229 g/mol. The van der Waals surface area contributed by atoms with Gasteiger partial charge in [-0.2, -0.15) is 18.3 Å². The topological polar surface area (TPSA) is 55.1 Å². The maximum absolute atomic E-state index is 12.2. The van der Waals surface area contributed by atoms with E-state index in [0.29, 0.717) is 4.68 Å². The van der Waals surface area contributed by atoms with Crippen molar-refractivity contribution < 1.29 is 23.1 Å². The Morgan fingerprint density at radius 3 is 2.36 bits per heavy atom. The molecule has 0 fully saturated rings. The summed E-state index contributed by atoms with van der Waals surface area (Å²) in [4.78, 5) is 10.5. The Hall–Kier alpha value is -1.24. The van der Waals surface area contributed by atoms with Crippen molar-refractivity contribution in [2.45, 2.75) is 6.18 Å². The van der Waals surface area contributed by atoms with Crippen molar-refractivity contribution in [3.05, 3.63) is 16.4 Å². The quantitative estimate of drug-likeness (QED) is 0.797. The number of halogens is 4. The molecule has 1 rings (SSSR count). The Balaban J connectivity index is 3.45. The minimum Gasteiger partial charge on any atom is -0.478 e. The van der Waals surface area contributed by atoms with E-state index in [9.17, 15) is 18.0 Å². The van der Waals surface area contributed by atoms with Gasteiger partial charge >= 0.3 is 12.1 Å². The molecule has 0 aromatic carbocycles. The van der Waals surface area contributed by atoms with Gasteiger partial charge in [-0.15, -0.1) is 0 Å². The highest BCUT2D eigenvalue weighted by molar-refractivity contribution is 6.32. The summed E-state index contributed by atoms with van der Waals surface area (Å²) in [5.74, 6) is -1.75.